The Kier molecular flexibility index (Phi) is 4.06. The highest BCUT2D eigenvalue weighted by Gasteiger charge is 2.04. The molecule has 0 bridgehead atoms. The number of H-pyrrole nitrogens is 1. The zero-order valence-electron chi connectivity index (χ0n) is 10.6. The van der Waals surface area contributed by atoms with Gasteiger partial charge < -0.3 is 15.5 Å². The van der Waals surface area contributed by atoms with Gasteiger partial charge in [0.05, 0.1) is 12.8 Å². The van der Waals surface area contributed by atoms with Crippen LogP contribution in [0.25, 0.3) is 0 Å². The molecule has 0 fully saturated rings. The first-order valence-corrected chi connectivity index (χ1v) is 6.56. The van der Waals surface area contributed by atoms with Crippen molar-refractivity contribution in [1.29, 1.82) is 0 Å². The van der Waals surface area contributed by atoms with Gasteiger partial charge in [-0.1, -0.05) is 11.8 Å². The lowest BCUT2D eigenvalue weighted by Crippen LogP contribution is -2.09. The Morgan fingerprint density at radius 2 is 2.16 bits per heavy atom. The van der Waals surface area contributed by atoms with Crippen LogP contribution in [0.3, 0.4) is 0 Å². The number of aryl methyl sites for hydroxylation is 1. The smallest absolute Gasteiger partial charge is 0.253 e. The molecule has 3 N–H and O–H groups in total. The third kappa shape index (κ3) is 3.72. The van der Waals surface area contributed by atoms with E-state index >= 15 is 0 Å². The number of ether oxygens (including phenoxy) is 1. The molecule has 7 heteroatoms. The molecule has 0 aromatic carbocycles. The second kappa shape index (κ2) is 5.75. The number of nitrogens with two attached hydrogens (primary N) is 1. The molecule has 100 valence electrons. The summed E-state index contributed by atoms with van der Waals surface area (Å²) in [6.07, 6.45) is 0. The Labute approximate surface area is 114 Å². The zero-order valence-corrected chi connectivity index (χ0v) is 11.5. The maximum atomic E-state index is 11.3. The maximum absolute atomic E-state index is 11.3. The highest BCUT2D eigenvalue weighted by atomic mass is 32.2. The van der Waals surface area contributed by atoms with Gasteiger partial charge in [0.25, 0.3) is 5.56 Å². The minimum atomic E-state index is -0.259. The van der Waals surface area contributed by atoms with Gasteiger partial charge in [-0.15, -0.1) is 0 Å². The predicted octanol–water partition coefficient (Wildman–Crippen LogP) is 1.36. The molecule has 0 aliphatic rings. The first-order chi connectivity index (χ1) is 9.06. The number of thioether (sulfide) groups is 1. The first-order valence-electron chi connectivity index (χ1n) is 5.58. The number of hydrogen-bond acceptors (Lipinski definition) is 6. The van der Waals surface area contributed by atoms with Gasteiger partial charge in [-0.2, -0.15) is 0 Å². The van der Waals surface area contributed by atoms with Gasteiger partial charge in [0.2, 0.25) is 0 Å². The maximum Gasteiger partial charge on any atom is 0.253 e. The monoisotopic (exact) mass is 278 g/mol. The number of rotatable bonds is 4. The number of nitrogens with zero attached hydrogens (tertiary/aromatic N) is 2. The molecule has 2 rings (SSSR count). The highest BCUT2D eigenvalue weighted by molar-refractivity contribution is 7.98. The molecule has 0 aliphatic carbocycles. The molecular formula is C12H14N4O2S. The Bertz CT molecular complexity index is 642. The molecule has 6 nitrogen and oxygen atoms in total. The second-order valence-electron chi connectivity index (χ2n) is 3.90. The Balaban J connectivity index is 2.14. The Hall–Kier alpha value is -2.02. The predicted molar refractivity (Wildman–Crippen MR) is 74.4 cm³/mol. The van der Waals surface area contributed by atoms with Crippen molar-refractivity contribution in [3.8, 4) is 5.75 Å². The average Bonchev–Trinajstić information content (AvgIpc) is 2.34. The molecule has 0 saturated heterocycles. The van der Waals surface area contributed by atoms with E-state index in [1.165, 1.54) is 17.8 Å². The lowest BCUT2D eigenvalue weighted by atomic mass is 10.3. The molecule has 2 aromatic rings. The van der Waals surface area contributed by atoms with Gasteiger partial charge in [-0.05, 0) is 6.92 Å². The van der Waals surface area contributed by atoms with E-state index in [0.29, 0.717) is 10.9 Å². The zero-order chi connectivity index (χ0) is 13.8. The first kappa shape index (κ1) is 13.4. The summed E-state index contributed by atoms with van der Waals surface area (Å²) in [5, 5.41) is 0.479. The quantitative estimate of drug-likeness (QED) is 0.647. The van der Waals surface area contributed by atoms with Crippen LogP contribution in [0.5, 0.6) is 5.75 Å². The van der Waals surface area contributed by atoms with Crippen LogP contribution < -0.4 is 16.0 Å². The van der Waals surface area contributed by atoms with Crippen molar-refractivity contribution in [2.75, 3.05) is 12.8 Å². The highest BCUT2D eigenvalue weighted by Crippen LogP contribution is 2.21. The van der Waals surface area contributed by atoms with Crippen molar-refractivity contribution in [2.24, 2.45) is 0 Å². The molecule has 0 atom stereocenters. The van der Waals surface area contributed by atoms with Crippen LogP contribution in [0.1, 0.15) is 11.4 Å². The molecule has 0 aliphatic heterocycles. The topological polar surface area (TPSA) is 93.9 Å². The minimum absolute atomic E-state index is 0.209. The van der Waals surface area contributed by atoms with Gasteiger partial charge >= 0.3 is 0 Å². The van der Waals surface area contributed by atoms with Gasteiger partial charge in [0, 0.05) is 29.6 Å². The van der Waals surface area contributed by atoms with E-state index in [9.17, 15) is 4.79 Å². The van der Waals surface area contributed by atoms with Crippen molar-refractivity contribution in [2.45, 2.75) is 17.8 Å². The summed E-state index contributed by atoms with van der Waals surface area (Å²) in [7, 11) is 1.61. The second-order valence-corrected chi connectivity index (χ2v) is 4.87. The number of anilines is 1. The summed E-state index contributed by atoms with van der Waals surface area (Å²) in [6, 6.07) is 4.96. The van der Waals surface area contributed by atoms with Crippen LogP contribution in [-0.4, -0.2) is 22.1 Å². The third-order valence-corrected chi connectivity index (χ3v) is 3.22. The molecular weight excluding hydrogens is 264 g/mol. The van der Waals surface area contributed by atoms with Crippen molar-refractivity contribution >= 4 is 17.6 Å². The van der Waals surface area contributed by atoms with Crippen molar-refractivity contribution in [3.63, 3.8) is 0 Å². The lowest BCUT2D eigenvalue weighted by molar-refractivity contribution is 0.413. The number of nitrogen functional groups attached to an aromatic ring is 1. The summed E-state index contributed by atoms with van der Waals surface area (Å²) in [6.45, 7) is 1.90. The van der Waals surface area contributed by atoms with Crippen LogP contribution >= 0.6 is 11.8 Å². The summed E-state index contributed by atoms with van der Waals surface area (Å²) in [5.41, 5.74) is 6.99. The van der Waals surface area contributed by atoms with Crippen molar-refractivity contribution < 1.29 is 4.74 Å². The van der Waals surface area contributed by atoms with Crippen LogP contribution in [-0.2, 0) is 5.75 Å². The molecule has 2 aromatic heterocycles. The molecule has 0 spiro atoms. The number of aromatic nitrogens is 3. The fraction of sp³-hybridized carbons (Fsp3) is 0.250. The molecule has 0 unspecified atom stereocenters. The summed E-state index contributed by atoms with van der Waals surface area (Å²) < 4.78 is 5.18. The number of nitrogens with one attached hydrogen (secondary N) is 1. The number of methoxy groups -OCH3 is 1. The van der Waals surface area contributed by atoms with Gasteiger partial charge in [0.1, 0.15) is 11.6 Å². The Morgan fingerprint density at radius 3 is 2.84 bits per heavy atom. The molecule has 0 amide bonds. The molecule has 19 heavy (non-hydrogen) atoms. The molecule has 0 saturated carbocycles. The number of hydrogen-bond donors (Lipinski definition) is 2. The summed E-state index contributed by atoms with van der Waals surface area (Å²) in [5.74, 6) is 1.54. The third-order valence-electron chi connectivity index (χ3n) is 2.31. The summed E-state index contributed by atoms with van der Waals surface area (Å²) in [4.78, 5) is 22.3. The van der Waals surface area contributed by atoms with Crippen molar-refractivity contribution in [3.05, 3.63) is 39.9 Å². The van der Waals surface area contributed by atoms with E-state index in [2.05, 4.69) is 15.0 Å². The number of pyridine rings is 1. The van der Waals surface area contributed by atoms with Crippen molar-refractivity contribution in [1.82, 2.24) is 15.0 Å². The van der Waals surface area contributed by atoms with E-state index in [1.807, 2.05) is 19.1 Å². The van der Waals surface area contributed by atoms with Gasteiger partial charge in [0.15, 0.2) is 5.16 Å². The van der Waals surface area contributed by atoms with Crippen LogP contribution in [0.2, 0.25) is 0 Å². The van der Waals surface area contributed by atoms with Crippen LogP contribution in [0, 0.1) is 6.92 Å². The fourth-order valence-corrected chi connectivity index (χ4v) is 2.33. The van der Waals surface area contributed by atoms with E-state index in [-0.39, 0.29) is 11.4 Å². The summed E-state index contributed by atoms with van der Waals surface area (Å²) >= 11 is 1.37. The normalized spacial score (nSPS) is 10.4. The van der Waals surface area contributed by atoms with Crippen LogP contribution in [0.4, 0.5) is 5.82 Å². The molecule has 2 heterocycles. The van der Waals surface area contributed by atoms with E-state index < -0.39 is 0 Å². The lowest BCUT2D eigenvalue weighted by Gasteiger charge is -2.05. The van der Waals surface area contributed by atoms with E-state index in [1.54, 1.807) is 7.11 Å². The van der Waals surface area contributed by atoms with Gasteiger partial charge in [-0.3, -0.25) is 9.78 Å². The standard InChI is InChI=1S/C12H14N4O2S/c1-7-3-9(18-2)4-8(14-7)6-19-12-15-10(13)5-11(17)16-12/h3-5H,6H2,1-2H3,(H3,13,15,16,17). The molecule has 0 radical (unpaired) electrons. The fourth-order valence-electron chi connectivity index (χ4n) is 1.56. The SMILES string of the molecule is COc1cc(C)nc(CSc2nc(N)cc(=O)[nH]2)c1. The Morgan fingerprint density at radius 1 is 1.37 bits per heavy atom. The van der Waals surface area contributed by atoms with Gasteiger partial charge in [-0.25, -0.2) is 4.98 Å². The average molecular weight is 278 g/mol. The van der Waals surface area contributed by atoms with E-state index in [0.717, 1.165) is 17.1 Å². The largest absolute Gasteiger partial charge is 0.497 e. The van der Waals surface area contributed by atoms with E-state index in [4.69, 9.17) is 10.5 Å². The van der Waals surface area contributed by atoms with Crippen LogP contribution in [0.15, 0.2) is 28.2 Å². The minimum Gasteiger partial charge on any atom is -0.497 e. The number of aromatic amines is 1.